The van der Waals surface area contributed by atoms with Gasteiger partial charge in [0.15, 0.2) is 6.29 Å². The molecule has 5 atom stereocenters. The second-order valence-corrected chi connectivity index (χ2v) is 6.88. The lowest BCUT2D eigenvalue weighted by Crippen LogP contribution is -2.54. The normalized spacial score (nSPS) is 27.9. The summed E-state index contributed by atoms with van der Waals surface area (Å²) in [6, 6.07) is 14.5. The highest BCUT2D eigenvalue weighted by atomic mass is 35.5. The molecule has 3 N–H and O–H groups in total. The summed E-state index contributed by atoms with van der Waals surface area (Å²) in [6.07, 6.45) is -5.44. The molecule has 3 rings (SSSR count). The summed E-state index contributed by atoms with van der Waals surface area (Å²) in [7, 11) is 1.35. The first kappa shape index (κ1) is 19.8. The van der Waals surface area contributed by atoms with Gasteiger partial charge in [0.05, 0.1) is 11.6 Å². The molecule has 0 spiro atoms. The largest absolute Gasteiger partial charge is 0.387 e. The molecule has 0 aromatic heterocycles. The fraction of sp³-hybridized carbons (Fsp3) is 0.350. The first-order valence-corrected chi connectivity index (χ1v) is 8.82. The highest BCUT2D eigenvalue weighted by Crippen LogP contribution is 2.34. The van der Waals surface area contributed by atoms with Crippen molar-refractivity contribution in [2.45, 2.75) is 37.1 Å². The van der Waals surface area contributed by atoms with E-state index in [2.05, 4.69) is 6.07 Å². The SMILES string of the molecule is CO[C@H]1O[C@@H](c2ccc(Cl)c(Cc3ccc(C#N)cc3)c2)[C@H](O)[C@@H](O)[C@@H]1O. The number of ether oxygens (including phenoxy) is 2. The lowest BCUT2D eigenvalue weighted by molar-refractivity contribution is -0.292. The molecule has 2 aromatic rings. The summed E-state index contributed by atoms with van der Waals surface area (Å²) >= 11 is 6.32. The third kappa shape index (κ3) is 4.14. The molecule has 2 aromatic carbocycles. The Labute approximate surface area is 162 Å². The van der Waals surface area contributed by atoms with E-state index in [-0.39, 0.29) is 0 Å². The number of methoxy groups -OCH3 is 1. The zero-order valence-corrected chi connectivity index (χ0v) is 15.4. The highest BCUT2D eigenvalue weighted by molar-refractivity contribution is 6.31. The number of aliphatic hydroxyl groups is 3. The van der Waals surface area contributed by atoms with Crippen LogP contribution in [0.25, 0.3) is 0 Å². The van der Waals surface area contributed by atoms with E-state index in [4.69, 9.17) is 26.3 Å². The third-order valence-electron chi connectivity index (χ3n) is 4.68. The van der Waals surface area contributed by atoms with Crippen LogP contribution in [0.4, 0.5) is 0 Å². The van der Waals surface area contributed by atoms with Crippen molar-refractivity contribution in [3.8, 4) is 6.07 Å². The molecule has 1 aliphatic rings. The van der Waals surface area contributed by atoms with Crippen molar-refractivity contribution in [1.82, 2.24) is 0 Å². The van der Waals surface area contributed by atoms with Gasteiger partial charge in [0.1, 0.15) is 24.4 Å². The highest BCUT2D eigenvalue weighted by Gasteiger charge is 2.44. The van der Waals surface area contributed by atoms with Gasteiger partial charge in [0.2, 0.25) is 0 Å². The number of hydrogen-bond donors (Lipinski definition) is 3. The molecule has 1 aliphatic heterocycles. The minimum absolute atomic E-state index is 0.528. The maximum absolute atomic E-state index is 10.3. The van der Waals surface area contributed by atoms with E-state index in [0.29, 0.717) is 22.6 Å². The van der Waals surface area contributed by atoms with Gasteiger partial charge in [-0.3, -0.25) is 0 Å². The van der Waals surface area contributed by atoms with E-state index in [0.717, 1.165) is 11.1 Å². The average Bonchev–Trinajstić information content (AvgIpc) is 2.69. The maximum Gasteiger partial charge on any atom is 0.186 e. The number of nitrogens with zero attached hydrogens (tertiary/aromatic N) is 1. The molecule has 0 unspecified atom stereocenters. The molecule has 0 aliphatic carbocycles. The summed E-state index contributed by atoms with van der Waals surface area (Å²) in [4.78, 5) is 0. The maximum atomic E-state index is 10.3. The molecule has 0 radical (unpaired) electrons. The van der Waals surface area contributed by atoms with Crippen LogP contribution in [0.15, 0.2) is 42.5 Å². The summed E-state index contributed by atoms with van der Waals surface area (Å²) in [5, 5.41) is 39.8. The van der Waals surface area contributed by atoms with Crippen LogP contribution in [-0.4, -0.2) is 47.0 Å². The fourth-order valence-electron chi connectivity index (χ4n) is 3.14. The third-order valence-corrected chi connectivity index (χ3v) is 5.05. The quantitative estimate of drug-likeness (QED) is 0.738. The number of nitriles is 1. The van der Waals surface area contributed by atoms with Crippen LogP contribution < -0.4 is 0 Å². The van der Waals surface area contributed by atoms with Crippen LogP contribution in [0.2, 0.25) is 5.02 Å². The van der Waals surface area contributed by atoms with Crippen molar-refractivity contribution in [3.63, 3.8) is 0 Å². The van der Waals surface area contributed by atoms with E-state index in [1.54, 1.807) is 30.3 Å². The molecular weight excluding hydrogens is 370 g/mol. The molecule has 0 bridgehead atoms. The predicted octanol–water partition coefficient (Wildman–Crippen LogP) is 1.93. The van der Waals surface area contributed by atoms with E-state index < -0.39 is 30.7 Å². The molecule has 6 nitrogen and oxygen atoms in total. The first-order valence-electron chi connectivity index (χ1n) is 8.44. The number of aliphatic hydroxyl groups excluding tert-OH is 3. The number of hydrogen-bond acceptors (Lipinski definition) is 6. The lowest BCUT2D eigenvalue weighted by atomic mass is 9.92. The van der Waals surface area contributed by atoms with Crippen LogP contribution in [0.3, 0.4) is 0 Å². The molecule has 0 amide bonds. The van der Waals surface area contributed by atoms with Crippen LogP contribution in [0, 0.1) is 11.3 Å². The van der Waals surface area contributed by atoms with Gasteiger partial charge >= 0.3 is 0 Å². The van der Waals surface area contributed by atoms with Crippen LogP contribution in [-0.2, 0) is 15.9 Å². The molecule has 0 saturated carbocycles. The Morgan fingerprint density at radius 1 is 1.07 bits per heavy atom. The van der Waals surface area contributed by atoms with E-state index in [9.17, 15) is 15.3 Å². The van der Waals surface area contributed by atoms with Gasteiger partial charge in [0.25, 0.3) is 0 Å². The van der Waals surface area contributed by atoms with Crippen molar-refractivity contribution in [3.05, 3.63) is 69.7 Å². The molecule has 1 fully saturated rings. The topological polar surface area (TPSA) is 103 Å². The van der Waals surface area contributed by atoms with Crippen molar-refractivity contribution >= 4 is 11.6 Å². The second kappa shape index (κ2) is 8.36. The average molecular weight is 390 g/mol. The van der Waals surface area contributed by atoms with E-state index in [1.807, 2.05) is 12.1 Å². The van der Waals surface area contributed by atoms with Crippen molar-refractivity contribution in [1.29, 1.82) is 5.26 Å². The molecule has 1 heterocycles. The summed E-state index contributed by atoms with van der Waals surface area (Å²) in [5.74, 6) is 0. The molecule has 142 valence electrons. The molecule has 27 heavy (non-hydrogen) atoms. The minimum atomic E-state index is -1.40. The van der Waals surface area contributed by atoms with Gasteiger partial charge in [-0.2, -0.15) is 5.26 Å². The number of halogens is 1. The summed E-state index contributed by atoms with van der Waals surface area (Å²) in [5.41, 5.74) is 2.98. The zero-order valence-electron chi connectivity index (χ0n) is 14.6. The molecule has 1 saturated heterocycles. The van der Waals surface area contributed by atoms with Crippen LogP contribution in [0.1, 0.15) is 28.4 Å². The Bertz CT molecular complexity index is 833. The monoisotopic (exact) mass is 389 g/mol. The Morgan fingerprint density at radius 3 is 2.41 bits per heavy atom. The van der Waals surface area contributed by atoms with Gasteiger partial charge in [0, 0.05) is 12.1 Å². The Morgan fingerprint density at radius 2 is 1.78 bits per heavy atom. The van der Waals surface area contributed by atoms with Crippen molar-refractivity contribution in [2.75, 3.05) is 7.11 Å². The lowest BCUT2D eigenvalue weighted by Gasteiger charge is -2.40. The van der Waals surface area contributed by atoms with Crippen LogP contribution >= 0.6 is 11.6 Å². The van der Waals surface area contributed by atoms with Gasteiger partial charge in [-0.15, -0.1) is 0 Å². The van der Waals surface area contributed by atoms with Gasteiger partial charge in [-0.1, -0.05) is 35.9 Å². The standard InChI is InChI=1S/C20H20ClNO5/c1-26-20-18(25)16(23)17(24)19(27-20)13-6-7-15(21)14(9-13)8-11-2-4-12(10-22)5-3-11/h2-7,9,16-20,23-25H,8H2,1H3/t16-,17-,18+,19+,20+/m1/s1. The van der Waals surface area contributed by atoms with Gasteiger partial charge in [-0.05, 0) is 41.3 Å². The zero-order chi connectivity index (χ0) is 19.6. The Balaban J connectivity index is 1.86. The second-order valence-electron chi connectivity index (χ2n) is 6.47. The first-order chi connectivity index (χ1) is 12.9. The molecular formula is C20H20ClNO5. The van der Waals surface area contributed by atoms with E-state index >= 15 is 0 Å². The van der Waals surface area contributed by atoms with Crippen molar-refractivity contribution < 1.29 is 24.8 Å². The summed E-state index contributed by atoms with van der Waals surface area (Å²) in [6.45, 7) is 0. The number of benzene rings is 2. The minimum Gasteiger partial charge on any atom is -0.387 e. The van der Waals surface area contributed by atoms with Gasteiger partial charge in [-0.25, -0.2) is 0 Å². The van der Waals surface area contributed by atoms with Gasteiger partial charge < -0.3 is 24.8 Å². The molecule has 7 heteroatoms. The number of rotatable bonds is 4. The van der Waals surface area contributed by atoms with Crippen molar-refractivity contribution in [2.24, 2.45) is 0 Å². The summed E-state index contributed by atoms with van der Waals surface area (Å²) < 4.78 is 10.7. The Hall–Kier alpha value is -1.98. The smallest absolute Gasteiger partial charge is 0.186 e. The predicted molar refractivity (Wildman–Crippen MR) is 98.1 cm³/mol. The van der Waals surface area contributed by atoms with E-state index in [1.165, 1.54) is 7.11 Å². The Kier molecular flexibility index (Phi) is 6.12. The van der Waals surface area contributed by atoms with Crippen LogP contribution in [0.5, 0.6) is 0 Å². The fourth-order valence-corrected chi connectivity index (χ4v) is 3.33.